The minimum atomic E-state index is -0.987. The lowest BCUT2D eigenvalue weighted by Gasteiger charge is -2.38. The van der Waals surface area contributed by atoms with Crippen LogP contribution >= 0.6 is 0 Å². The van der Waals surface area contributed by atoms with E-state index < -0.39 is 24.3 Å². The van der Waals surface area contributed by atoms with Crippen molar-refractivity contribution in [2.24, 2.45) is 0 Å². The number of carbonyl (C=O) groups excluding carboxylic acids is 3. The molecular weight excluding hydrogens is 686 g/mol. The Bertz CT molecular complexity index is 1890. The number of aliphatic hydroxyl groups excluding tert-OH is 1. The number of ether oxygens (including phenoxy) is 4. The smallest absolute Gasteiger partial charge is 0.408 e. The Hall–Kier alpha value is -4.91. The molecular formula is C43H47N3O8. The van der Waals surface area contributed by atoms with Crippen LogP contribution in [-0.2, 0) is 48.3 Å². The molecule has 11 heteroatoms. The van der Waals surface area contributed by atoms with E-state index in [0.717, 1.165) is 64.9 Å². The Morgan fingerprint density at radius 2 is 1.63 bits per heavy atom. The maximum Gasteiger partial charge on any atom is 0.408 e. The van der Waals surface area contributed by atoms with E-state index in [-0.39, 0.29) is 44.3 Å². The fourth-order valence-corrected chi connectivity index (χ4v) is 7.61. The number of rotatable bonds is 13. The molecule has 3 aliphatic rings. The van der Waals surface area contributed by atoms with Crippen molar-refractivity contribution in [1.29, 1.82) is 0 Å². The number of hydrogen-bond acceptors (Lipinski definition) is 9. The van der Waals surface area contributed by atoms with Crippen molar-refractivity contribution in [3.8, 4) is 11.1 Å². The Kier molecular flexibility index (Phi) is 12.1. The van der Waals surface area contributed by atoms with Crippen molar-refractivity contribution in [3.63, 3.8) is 0 Å². The van der Waals surface area contributed by atoms with Gasteiger partial charge in [0.15, 0.2) is 6.29 Å². The molecule has 0 bridgehead atoms. The zero-order valence-corrected chi connectivity index (χ0v) is 30.5. The van der Waals surface area contributed by atoms with Crippen LogP contribution in [0.5, 0.6) is 0 Å². The third-order valence-electron chi connectivity index (χ3n) is 10.5. The first-order valence-electron chi connectivity index (χ1n) is 18.6. The number of alkyl carbamates (subject to hydrolysis) is 1. The lowest BCUT2D eigenvalue weighted by atomic mass is 9.97. The zero-order valence-electron chi connectivity index (χ0n) is 30.5. The maximum absolute atomic E-state index is 13.3. The van der Waals surface area contributed by atoms with Crippen LogP contribution in [0.3, 0.4) is 0 Å². The van der Waals surface area contributed by atoms with Gasteiger partial charge in [-0.25, -0.2) is 4.79 Å². The molecule has 282 valence electrons. The van der Waals surface area contributed by atoms with Gasteiger partial charge in [0, 0.05) is 31.7 Å². The Balaban J connectivity index is 1.03. The van der Waals surface area contributed by atoms with Crippen molar-refractivity contribution in [2.75, 3.05) is 26.8 Å². The van der Waals surface area contributed by atoms with Crippen LogP contribution in [0.2, 0.25) is 0 Å². The van der Waals surface area contributed by atoms with E-state index in [9.17, 15) is 19.5 Å². The van der Waals surface area contributed by atoms with Crippen LogP contribution in [0, 0.1) is 0 Å². The van der Waals surface area contributed by atoms with Gasteiger partial charge in [0.2, 0.25) is 5.91 Å². The van der Waals surface area contributed by atoms with Crippen molar-refractivity contribution >= 4 is 17.9 Å². The van der Waals surface area contributed by atoms with Crippen LogP contribution in [0.4, 0.5) is 4.79 Å². The first-order valence-corrected chi connectivity index (χ1v) is 18.6. The van der Waals surface area contributed by atoms with Crippen LogP contribution < -0.4 is 5.32 Å². The minimum absolute atomic E-state index is 0.0140. The van der Waals surface area contributed by atoms with E-state index in [0.29, 0.717) is 19.1 Å². The molecule has 0 radical (unpaired) electrons. The molecule has 54 heavy (non-hydrogen) atoms. The summed E-state index contributed by atoms with van der Waals surface area (Å²) < 4.78 is 24.0. The monoisotopic (exact) mass is 733 g/mol. The number of methoxy groups -OCH3 is 1. The largest absolute Gasteiger partial charge is 0.445 e. The molecule has 7 rings (SSSR count). The molecule has 0 aromatic heterocycles. The van der Waals surface area contributed by atoms with E-state index in [1.165, 1.54) is 4.90 Å². The fourth-order valence-electron chi connectivity index (χ4n) is 7.61. The molecule has 4 aromatic rings. The molecule has 3 heterocycles. The topological polar surface area (TPSA) is 127 Å². The number of amides is 3. The SMILES string of the molecule is COC[C@@H]1CCCN1C[C@@H]1C[C@H](c2ccc(CO)cc2)O[C@H](c2ccc(-c3ccccc3CN3C(=O)CC(NC(=O)OCc4ccccc4)C3=O)cc2)O1. The zero-order chi connectivity index (χ0) is 37.4. The van der Waals surface area contributed by atoms with E-state index >= 15 is 0 Å². The molecule has 11 nitrogen and oxygen atoms in total. The molecule has 0 aliphatic carbocycles. The molecule has 3 aliphatic heterocycles. The first kappa shape index (κ1) is 37.4. The van der Waals surface area contributed by atoms with Gasteiger partial charge in [-0.05, 0) is 52.8 Å². The Morgan fingerprint density at radius 3 is 2.39 bits per heavy atom. The first-order chi connectivity index (χ1) is 26.4. The summed E-state index contributed by atoms with van der Waals surface area (Å²) in [6, 6.07) is 32.2. The van der Waals surface area contributed by atoms with Crippen molar-refractivity contribution in [3.05, 3.63) is 131 Å². The Morgan fingerprint density at radius 1 is 0.889 bits per heavy atom. The highest BCUT2D eigenvalue weighted by atomic mass is 16.7. The number of nitrogens with one attached hydrogen (secondary N) is 1. The van der Waals surface area contributed by atoms with Gasteiger partial charge in [0.25, 0.3) is 5.91 Å². The van der Waals surface area contributed by atoms with Crippen LogP contribution in [-0.4, -0.2) is 77.8 Å². The molecule has 3 saturated heterocycles. The highest BCUT2D eigenvalue weighted by Crippen LogP contribution is 2.39. The molecule has 4 aromatic carbocycles. The van der Waals surface area contributed by atoms with Gasteiger partial charge in [0.1, 0.15) is 12.6 Å². The van der Waals surface area contributed by atoms with Crippen LogP contribution in [0.1, 0.15) is 65.9 Å². The fraction of sp³-hybridized carbons (Fsp3) is 0.372. The number of carbonyl (C=O) groups is 3. The van der Waals surface area contributed by atoms with Crippen LogP contribution in [0.25, 0.3) is 11.1 Å². The van der Waals surface area contributed by atoms with Gasteiger partial charge in [-0.1, -0.05) is 103 Å². The number of imide groups is 1. The number of benzene rings is 4. The lowest BCUT2D eigenvalue weighted by Crippen LogP contribution is -2.42. The summed E-state index contributed by atoms with van der Waals surface area (Å²) in [4.78, 5) is 42.5. The lowest BCUT2D eigenvalue weighted by molar-refractivity contribution is -0.253. The molecule has 0 saturated carbocycles. The van der Waals surface area contributed by atoms with E-state index in [4.69, 9.17) is 18.9 Å². The third-order valence-corrected chi connectivity index (χ3v) is 10.5. The molecule has 0 spiro atoms. The number of hydrogen-bond donors (Lipinski definition) is 2. The van der Waals surface area contributed by atoms with E-state index in [2.05, 4.69) is 10.2 Å². The summed E-state index contributed by atoms with van der Waals surface area (Å²) in [6.07, 6.45) is 1.22. The summed E-state index contributed by atoms with van der Waals surface area (Å²) in [5.41, 5.74) is 6.18. The van der Waals surface area contributed by atoms with Gasteiger partial charge in [-0.2, -0.15) is 0 Å². The third kappa shape index (κ3) is 8.89. The van der Waals surface area contributed by atoms with Crippen molar-refractivity contribution in [2.45, 2.75) is 76.0 Å². The number of aliphatic hydroxyl groups is 1. The minimum Gasteiger partial charge on any atom is -0.445 e. The second-order valence-corrected chi connectivity index (χ2v) is 14.2. The quantitative estimate of drug-likeness (QED) is 0.158. The standard InChI is InChI=1S/C43H47N3O8/c1-51-28-35-11-7-21-45(35)25-36-22-39(32-15-13-29(26-47)14-16-32)54-42(53-36)33-19-17-31(18-20-33)37-12-6-5-10-34(37)24-46-40(48)23-38(41(46)49)44-43(50)52-27-30-8-3-2-4-9-30/h2-6,8-10,12-20,35-36,38-39,42,47H,7,11,21-28H2,1H3,(H,44,50)/t35-,36-,38?,39+,42+/m0/s1. The summed E-state index contributed by atoms with van der Waals surface area (Å²) >= 11 is 0. The average Bonchev–Trinajstić information content (AvgIpc) is 3.75. The Labute approximate surface area is 315 Å². The van der Waals surface area contributed by atoms with Crippen molar-refractivity contribution in [1.82, 2.24) is 15.1 Å². The van der Waals surface area contributed by atoms with Gasteiger partial charge >= 0.3 is 6.09 Å². The van der Waals surface area contributed by atoms with Gasteiger partial charge in [0.05, 0.1) is 38.4 Å². The van der Waals surface area contributed by atoms with Crippen LogP contribution in [0.15, 0.2) is 103 Å². The van der Waals surface area contributed by atoms with E-state index in [1.54, 1.807) is 7.11 Å². The molecule has 2 N–H and O–H groups in total. The molecule has 3 fully saturated rings. The highest BCUT2D eigenvalue weighted by Gasteiger charge is 2.40. The predicted octanol–water partition coefficient (Wildman–Crippen LogP) is 6.06. The molecule has 3 amide bonds. The van der Waals surface area contributed by atoms with Gasteiger partial charge in [-0.3, -0.25) is 19.4 Å². The van der Waals surface area contributed by atoms with Gasteiger partial charge in [-0.15, -0.1) is 0 Å². The molecule has 5 atom stereocenters. The number of nitrogens with zero attached hydrogens (tertiary/aromatic N) is 2. The number of likely N-dealkylation sites (tertiary alicyclic amines) is 2. The predicted molar refractivity (Wildman–Crippen MR) is 200 cm³/mol. The summed E-state index contributed by atoms with van der Waals surface area (Å²) in [7, 11) is 1.75. The highest BCUT2D eigenvalue weighted by molar-refractivity contribution is 6.06. The summed E-state index contributed by atoms with van der Waals surface area (Å²) in [6.45, 7) is 2.61. The summed E-state index contributed by atoms with van der Waals surface area (Å²) in [5.74, 6) is -0.825. The summed E-state index contributed by atoms with van der Waals surface area (Å²) in [5, 5.41) is 12.1. The maximum atomic E-state index is 13.3. The van der Waals surface area contributed by atoms with E-state index in [1.807, 2.05) is 103 Å². The molecule has 1 unspecified atom stereocenters. The van der Waals surface area contributed by atoms with Gasteiger partial charge < -0.3 is 29.4 Å². The second kappa shape index (κ2) is 17.5. The van der Waals surface area contributed by atoms with Crippen molar-refractivity contribution < 1.29 is 38.4 Å². The normalized spacial score (nSPS) is 23.1. The second-order valence-electron chi connectivity index (χ2n) is 14.2. The average molecular weight is 734 g/mol.